The molecule has 1 aromatic carbocycles. The highest BCUT2D eigenvalue weighted by atomic mass is 19.2. The van der Waals surface area contributed by atoms with Crippen LogP contribution in [-0.4, -0.2) is 17.1 Å². The molecule has 0 spiro atoms. The fourth-order valence-electron chi connectivity index (χ4n) is 1.45. The fraction of sp³-hybridized carbons (Fsp3) is 0.417. The average Bonchev–Trinajstić information content (AvgIpc) is 2.28. The van der Waals surface area contributed by atoms with E-state index < -0.39 is 23.6 Å². The summed E-state index contributed by atoms with van der Waals surface area (Å²) in [5.74, 6) is -2.94. The topological polar surface area (TPSA) is 49.3 Å². The third-order valence-electron chi connectivity index (χ3n) is 2.40. The van der Waals surface area contributed by atoms with Gasteiger partial charge in [0.2, 0.25) is 0 Å². The average molecular weight is 243 g/mol. The number of halogens is 2. The monoisotopic (exact) mass is 243 g/mol. The molecule has 1 unspecified atom stereocenters. The van der Waals surface area contributed by atoms with Gasteiger partial charge in [0, 0.05) is 11.8 Å². The standard InChI is InChI=1S/C12H15F2NO2/c1-2-3-4-11(12(16)17)15-8-5-6-9(13)10(14)7-8/h5-7,11,15H,2-4H2,1H3,(H,16,17). The van der Waals surface area contributed by atoms with Gasteiger partial charge in [0.15, 0.2) is 11.6 Å². The van der Waals surface area contributed by atoms with Crippen LogP contribution in [0.3, 0.4) is 0 Å². The molecule has 0 aliphatic carbocycles. The summed E-state index contributed by atoms with van der Waals surface area (Å²) in [6.45, 7) is 1.95. The summed E-state index contributed by atoms with van der Waals surface area (Å²) in [5.41, 5.74) is 0.271. The molecule has 1 rings (SSSR count). The third-order valence-corrected chi connectivity index (χ3v) is 2.40. The Morgan fingerprint density at radius 2 is 2.12 bits per heavy atom. The lowest BCUT2D eigenvalue weighted by atomic mass is 10.1. The summed E-state index contributed by atoms with van der Waals surface area (Å²) < 4.78 is 25.6. The molecule has 5 heteroatoms. The van der Waals surface area contributed by atoms with Gasteiger partial charge in [-0.3, -0.25) is 0 Å². The predicted molar refractivity (Wildman–Crippen MR) is 60.9 cm³/mol. The van der Waals surface area contributed by atoms with Gasteiger partial charge in [0.05, 0.1) is 0 Å². The largest absolute Gasteiger partial charge is 0.480 e. The number of unbranched alkanes of at least 4 members (excludes halogenated alkanes) is 1. The van der Waals surface area contributed by atoms with Crippen LogP contribution in [0.2, 0.25) is 0 Å². The maximum Gasteiger partial charge on any atom is 0.326 e. The second kappa shape index (κ2) is 6.18. The molecule has 0 fully saturated rings. The van der Waals surface area contributed by atoms with Crippen LogP contribution in [-0.2, 0) is 4.79 Å². The second-order valence-electron chi connectivity index (χ2n) is 3.81. The molecule has 0 saturated carbocycles. The van der Waals surface area contributed by atoms with Crippen molar-refractivity contribution >= 4 is 11.7 Å². The van der Waals surface area contributed by atoms with Crippen LogP contribution < -0.4 is 5.32 Å². The minimum absolute atomic E-state index is 0.271. The van der Waals surface area contributed by atoms with E-state index in [0.717, 1.165) is 25.0 Å². The first-order valence-electron chi connectivity index (χ1n) is 5.49. The smallest absolute Gasteiger partial charge is 0.326 e. The van der Waals surface area contributed by atoms with Crippen LogP contribution in [0.4, 0.5) is 14.5 Å². The van der Waals surface area contributed by atoms with Crippen molar-refractivity contribution in [2.75, 3.05) is 5.32 Å². The zero-order valence-electron chi connectivity index (χ0n) is 9.54. The Hall–Kier alpha value is -1.65. The van der Waals surface area contributed by atoms with E-state index >= 15 is 0 Å². The van der Waals surface area contributed by atoms with Crippen LogP contribution >= 0.6 is 0 Å². The first-order chi connectivity index (χ1) is 8.04. The van der Waals surface area contributed by atoms with Gasteiger partial charge in [-0.25, -0.2) is 13.6 Å². The second-order valence-corrected chi connectivity index (χ2v) is 3.81. The van der Waals surface area contributed by atoms with E-state index in [1.807, 2.05) is 6.92 Å². The Bertz CT molecular complexity index is 396. The maximum atomic E-state index is 12.9. The summed E-state index contributed by atoms with van der Waals surface area (Å²) in [6, 6.07) is 2.47. The van der Waals surface area contributed by atoms with Gasteiger partial charge in [-0.2, -0.15) is 0 Å². The van der Waals surface area contributed by atoms with Gasteiger partial charge < -0.3 is 10.4 Å². The molecule has 0 bridgehead atoms. The lowest BCUT2D eigenvalue weighted by molar-refractivity contribution is -0.138. The van der Waals surface area contributed by atoms with Crippen LogP contribution in [0.5, 0.6) is 0 Å². The molecule has 0 heterocycles. The Kier molecular flexibility index (Phi) is 4.87. The lowest BCUT2D eigenvalue weighted by Crippen LogP contribution is -2.29. The molecule has 0 radical (unpaired) electrons. The van der Waals surface area contributed by atoms with Crippen LogP contribution in [0, 0.1) is 11.6 Å². The normalized spacial score (nSPS) is 12.2. The van der Waals surface area contributed by atoms with Gasteiger partial charge in [0.1, 0.15) is 6.04 Å². The SMILES string of the molecule is CCCCC(Nc1ccc(F)c(F)c1)C(=O)O. The molecule has 0 amide bonds. The molecular weight excluding hydrogens is 228 g/mol. The molecule has 0 aliphatic heterocycles. The highest BCUT2D eigenvalue weighted by molar-refractivity contribution is 5.77. The fourth-order valence-corrected chi connectivity index (χ4v) is 1.45. The minimum Gasteiger partial charge on any atom is -0.480 e. The van der Waals surface area contributed by atoms with E-state index in [-0.39, 0.29) is 5.69 Å². The van der Waals surface area contributed by atoms with Crippen LogP contribution in [0.25, 0.3) is 0 Å². The first-order valence-corrected chi connectivity index (χ1v) is 5.49. The van der Waals surface area contributed by atoms with Crippen molar-refractivity contribution in [3.63, 3.8) is 0 Å². The van der Waals surface area contributed by atoms with E-state index in [4.69, 9.17) is 5.11 Å². The van der Waals surface area contributed by atoms with Crippen molar-refractivity contribution in [1.29, 1.82) is 0 Å². The summed E-state index contributed by atoms with van der Waals surface area (Å²) >= 11 is 0. The predicted octanol–water partition coefficient (Wildman–Crippen LogP) is 3.02. The van der Waals surface area contributed by atoms with E-state index in [9.17, 15) is 13.6 Å². The summed E-state index contributed by atoms with van der Waals surface area (Å²) in [5, 5.41) is 11.6. The quantitative estimate of drug-likeness (QED) is 0.807. The summed E-state index contributed by atoms with van der Waals surface area (Å²) in [4.78, 5) is 10.9. The van der Waals surface area contributed by atoms with Gasteiger partial charge in [-0.1, -0.05) is 19.8 Å². The summed E-state index contributed by atoms with van der Waals surface area (Å²) in [6.07, 6.45) is 2.09. The third kappa shape index (κ3) is 4.01. The Balaban J connectivity index is 2.71. The van der Waals surface area contributed by atoms with Gasteiger partial charge in [0.25, 0.3) is 0 Å². The highest BCUT2D eigenvalue weighted by Gasteiger charge is 2.16. The molecule has 1 atom stereocenters. The molecule has 0 saturated heterocycles. The minimum atomic E-state index is -0.997. The van der Waals surface area contributed by atoms with E-state index in [0.29, 0.717) is 6.42 Å². The van der Waals surface area contributed by atoms with E-state index in [1.54, 1.807) is 0 Å². The number of aliphatic carboxylic acids is 1. The number of hydrogen-bond donors (Lipinski definition) is 2. The molecule has 2 N–H and O–H groups in total. The molecule has 0 aromatic heterocycles. The molecule has 0 aliphatic rings. The van der Waals surface area contributed by atoms with Crippen molar-refractivity contribution in [3.8, 4) is 0 Å². The lowest BCUT2D eigenvalue weighted by Gasteiger charge is -2.15. The molecule has 17 heavy (non-hydrogen) atoms. The molecule has 3 nitrogen and oxygen atoms in total. The number of anilines is 1. The van der Waals surface area contributed by atoms with Gasteiger partial charge in [-0.05, 0) is 18.6 Å². The Labute approximate surface area is 98.5 Å². The number of rotatable bonds is 6. The highest BCUT2D eigenvalue weighted by Crippen LogP contribution is 2.15. The van der Waals surface area contributed by atoms with E-state index in [2.05, 4.69) is 5.32 Å². The molecular formula is C12H15F2NO2. The Morgan fingerprint density at radius 3 is 2.65 bits per heavy atom. The van der Waals surface area contributed by atoms with E-state index in [1.165, 1.54) is 6.07 Å². The van der Waals surface area contributed by atoms with Crippen molar-refractivity contribution in [1.82, 2.24) is 0 Å². The number of nitrogens with one attached hydrogen (secondary N) is 1. The zero-order valence-corrected chi connectivity index (χ0v) is 9.54. The van der Waals surface area contributed by atoms with Crippen molar-refractivity contribution < 1.29 is 18.7 Å². The number of carboxylic acid groups (broad SMARTS) is 1. The zero-order chi connectivity index (χ0) is 12.8. The number of hydrogen-bond acceptors (Lipinski definition) is 2. The van der Waals surface area contributed by atoms with Gasteiger partial charge in [-0.15, -0.1) is 0 Å². The Morgan fingerprint density at radius 1 is 1.41 bits per heavy atom. The van der Waals surface area contributed by atoms with Gasteiger partial charge >= 0.3 is 5.97 Å². The molecule has 94 valence electrons. The maximum absolute atomic E-state index is 12.9. The van der Waals surface area contributed by atoms with Crippen molar-refractivity contribution in [2.24, 2.45) is 0 Å². The van der Waals surface area contributed by atoms with Crippen molar-refractivity contribution in [2.45, 2.75) is 32.2 Å². The number of benzene rings is 1. The number of carboxylic acids is 1. The van der Waals surface area contributed by atoms with Crippen LogP contribution in [0.1, 0.15) is 26.2 Å². The first kappa shape index (κ1) is 13.4. The summed E-state index contributed by atoms with van der Waals surface area (Å²) in [7, 11) is 0. The van der Waals surface area contributed by atoms with Crippen molar-refractivity contribution in [3.05, 3.63) is 29.8 Å². The number of carbonyl (C=O) groups is 1. The molecule has 1 aromatic rings. The van der Waals surface area contributed by atoms with Crippen LogP contribution in [0.15, 0.2) is 18.2 Å².